The van der Waals surface area contributed by atoms with Crippen molar-refractivity contribution in [2.24, 2.45) is 0 Å². The van der Waals surface area contributed by atoms with Gasteiger partial charge in [0, 0.05) is 6.08 Å². The van der Waals surface area contributed by atoms with E-state index in [0.717, 1.165) is 28.3 Å². The Bertz CT molecular complexity index is 438. The van der Waals surface area contributed by atoms with Crippen LogP contribution in [0.2, 0.25) is 0 Å². The van der Waals surface area contributed by atoms with E-state index in [1.807, 2.05) is 6.07 Å². The van der Waals surface area contributed by atoms with E-state index in [1.165, 1.54) is 6.08 Å². The quantitative estimate of drug-likeness (QED) is 0.496. The summed E-state index contributed by atoms with van der Waals surface area (Å²) < 4.78 is 6.30. The molecular formula is C13H13BrO3. The molecule has 0 aromatic heterocycles. The van der Waals surface area contributed by atoms with Gasteiger partial charge in [0.1, 0.15) is 5.75 Å². The Hall–Kier alpha value is -1.55. The monoisotopic (exact) mass is 296 g/mol. The zero-order valence-electron chi connectivity index (χ0n) is 9.23. The van der Waals surface area contributed by atoms with Crippen molar-refractivity contribution in [3.8, 4) is 5.75 Å². The first-order valence-corrected chi connectivity index (χ1v) is 5.87. The average molecular weight is 297 g/mol. The summed E-state index contributed by atoms with van der Waals surface area (Å²) in [5.74, 6) is -0.230. The van der Waals surface area contributed by atoms with Crippen molar-refractivity contribution in [1.29, 1.82) is 0 Å². The highest BCUT2D eigenvalue weighted by Gasteiger charge is 2.01. The molecule has 3 nitrogen and oxygen atoms in total. The zero-order valence-corrected chi connectivity index (χ0v) is 10.8. The van der Waals surface area contributed by atoms with Crippen LogP contribution in [0.15, 0.2) is 41.4 Å². The van der Waals surface area contributed by atoms with Crippen LogP contribution in [0.1, 0.15) is 12.0 Å². The van der Waals surface area contributed by atoms with E-state index < -0.39 is 5.97 Å². The molecule has 0 spiro atoms. The van der Waals surface area contributed by atoms with E-state index in [-0.39, 0.29) is 0 Å². The Morgan fingerprint density at radius 2 is 2.29 bits per heavy atom. The molecule has 0 atom stereocenters. The third-order valence-electron chi connectivity index (χ3n) is 1.95. The molecule has 1 N–H and O–H groups in total. The highest BCUT2D eigenvalue weighted by molar-refractivity contribution is 9.10. The Kier molecular flexibility index (Phi) is 5.49. The molecule has 1 rings (SSSR count). The minimum atomic E-state index is -0.965. The van der Waals surface area contributed by atoms with Gasteiger partial charge in [-0.25, -0.2) is 4.79 Å². The van der Waals surface area contributed by atoms with Gasteiger partial charge in [-0.2, -0.15) is 0 Å². The number of benzene rings is 1. The minimum Gasteiger partial charge on any atom is -0.492 e. The maximum absolute atomic E-state index is 10.4. The molecule has 0 heterocycles. The molecule has 0 aliphatic carbocycles. The first-order chi connectivity index (χ1) is 8.13. The van der Waals surface area contributed by atoms with Crippen LogP contribution in [0.25, 0.3) is 6.08 Å². The molecule has 1 aromatic carbocycles. The molecule has 0 saturated carbocycles. The van der Waals surface area contributed by atoms with Crippen LogP contribution in [0, 0.1) is 0 Å². The topological polar surface area (TPSA) is 46.5 Å². The highest BCUT2D eigenvalue weighted by Crippen LogP contribution is 2.26. The van der Waals surface area contributed by atoms with Crippen LogP contribution in [0.3, 0.4) is 0 Å². The Morgan fingerprint density at radius 1 is 1.53 bits per heavy atom. The minimum absolute atomic E-state index is 0.576. The number of hydrogen-bond acceptors (Lipinski definition) is 2. The van der Waals surface area contributed by atoms with Crippen LogP contribution >= 0.6 is 15.9 Å². The molecular weight excluding hydrogens is 284 g/mol. The van der Waals surface area contributed by atoms with Gasteiger partial charge >= 0.3 is 5.97 Å². The molecule has 0 aliphatic rings. The molecule has 90 valence electrons. The summed E-state index contributed by atoms with van der Waals surface area (Å²) in [6.07, 6.45) is 5.20. The van der Waals surface area contributed by atoms with Crippen molar-refractivity contribution in [2.45, 2.75) is 6.42 Å². The fraction of sp³-hybridized carbons (Fsp3) is 0.154. The van der Waals surface area contributed by atoms with Crippen LogP contribution in [0.5, 0.6) is 5.75 Å². The number of hydrogen-bond donors (Lipinski definition) is 1. The van der Waals surface area contributed by atoms with Gasteiger partial charge in [-0.1, -0.05) is 12.1 Å². The van der Waals surface area contributed by atoms with Crippen LogP contribution in [0.4, 0.5) is 0 Å². The standard InChI is InChI=1S/C13H13BrO3/c1-2-3-8-17-12-6-4-10(9-11(12)14)5-7-13(15)16/h2,4-7,9H,1,3,8H2,(H,15,16). The maximum atomic E-state index is 10.4. The first kappa shape index (κ1) is 13.5. The van der Waals surface area contributed by atoms with Gasteiger partial charge < -0.3 is 9.84 Å². The Morgan fingerprint density at radius 3 is 2.88 bits per heavy atom. The number of aliphatic carboxylic acids is 1. The summed E-state index contributed by atoms with van der Waals surface area (Å²) in [5, 5.41) is 8.51. The third-order valence-corrected chi connectivity index (χ3v) is 2.57. The van der Waals surface area contributed by atoms with Crippen molar-refractivity contribution < 1.29 is 14.6 Å². The molecule has 0 amide bonds. The van der Waals surface area contributed by atoms with Crippen molar-refractivity contribution in [2.75, 3.05) is 6.61 Å². The predicted octanol–water partition coefficient (Wildman–Crippen LogP) is 3.50. The van der Waals surface area contributed by atoms with E-state index in [2.05, 4.69) is 22.5 Å². The van der Waals surface area contributed by atoms with E-state index in [4.69, 9.17) is 9.84 Å². The van der Waals surface area contributed by atoms with Gasteiger partial charge in [-0.15, -0.1) is 6.58 Å². The summed E-state index contributed by atoms with van der Waals surface area (Å²) in [5.41, 5.74) is 0.801. The lowest BCUT2D eigenvalue weighted by atomic mass is 10.2. The van der Waals surface area contributed by atoms with Gasteiger partial charge in [0.25, 0.3) is 0 Å². The molecule has 4 heteroatoms. The largest absolute Gasteiger partial charge is 0.492 e. The van der Waals surface area contributed by atoms with E-state index in [1.54, 1.807) is 18.2 Å². The zero-order chi connectivity index (χ0) is 12.7. The third kappa shape index (κ3) is 4.87. The molecule has 1 aromatic rings. The summed E-state index contributed by atoms with van der Waals surface area (Å²) >= 11 is 3.37. The summed E-state index contributed by atoms with van der Waals surface area (Å²) in [6, 6.07) is 5.41. The Balaban J connectivity index is 2.72. The normalized spacial score (nSPS) is 10.4. The van der Waals surface area contributed by atoms with E-state index >= 15 is 0 Å². The van der Waals surface area contributed by atoms with Crippen molar-refractivity contribution in [3.63, 3.8) is 0 Å². The number of rotatable bonds is 6. The second-order valence-corrected chi connectivity index (χ2v) is 4.14. The molecule has 0 saturated heterocycles. The first-order valence-electron chi connectivity index (χ1n) is 5.07. The Labute approximate surface area is 109 Å². The van der Waals surface area contributed by atoms with Crippen LogP contribution in [-0.2, 0) is 4.79 Å². The van der Waals surface area contributed by atoms with Gasteiger partial charge in [0.2, 0.25) is 0 Å². The number of carboxylic acid groups (broad SMARTS) is 1. The highest BCUT2D eigenvalue weighted by atomic mass is 79.9. The molecule has 0 bridgehead atoms. The van der Waals surface area contributed by atoms with Gasteiger partial charge in [-0.3, -0.25) is 0 Å². The summed E-state index contributed by atoms with van der Waals surface area (Å²) in [6.45, 7) is 4.19. The van der Waals surface area contributed by atoms with Gasteiger partial charge in [-0.05, 0) is 46.1 Å². The maximum Gasteiger partial charge on any atom is 0.328 e. The smallest absolute Gasteiger partial charge is 0.328 e. The average Bonchev–Trinajstić information content (AvgIpc) is 2.29. The fourth-order valence-corrected chi connectivity index (χ4v) is 1.67. The fourth-order valence-electron chi connectivity index (χ4n) is 1.16. The molecule has 0 fully saturated rings. The predicted molar refractivity (Wildman–Crippen MR) is 71.1 cm³/mol. The van der Waals surface area contributed by atoms with Gasteiger partial charge in [0.15, 0.2) is 0 Å². The van der Waals surface area contributed by atoms with Crippen molar-refractivity contribution in [1.82, 2.24) is 0 Å². The van der Waals surface area contributed by atoms with Crippen molar-refractivity contribution in [3.05, 3.63) is 47.0 Å². The molecule has 0 unspecified atom stereocenters. The van der Waals surface area contributed by atoms with Crippen LogP contribution in [-0.4, -0.2) is 17.7 Å². The lowest BCUT2D eigenvalue weighted by Crippen LogP contribution is -1.96. The lowest BCUT2D eigenvalue weighted by molar-refractivity contribution is -0.131. The number of ether oxygens (including phenoxy) is 1. The number of halogens is 1. The second kappa shape index (κ2) is 6.91. The van der Waals surface area contributed by atoms with Crippen LogP contribution < -0.4 is 4.74 Å². The second-order valence-electron chi connectivity index (χ2n) is 3.29. The van der Waals surface area contributed by atoms with Crippen molar-refractivity contribution >= 4 is 28.0 Å². The SMILES string of the molecule is C=CCCOc1ccc(C=CC(=O)O)cc1Br. The molecule has 0 radical (unpaired) electrons. The van der Waals surface area contributed by atoms with E-state index in [9.17, 15) is 4.79 Å². The summed E-state index contributed by atoms with van der Waals surface area (Å²) in [7, 11) is 0. The summed E-state index contributed by atoms with van der Waals surface area (Å²) in [4.78, 5) is 10.4. The molecule has 17 heavy (non-hydrogen) atoms. The van der Waals surface area contributed by atoms with Gasteiger partial charge in [0.05, 0.1) is 11.1 Å². The number of carbonyl (C=O) groups is 1. The number of carboxylic acids is 1. The lowest BCUT2D eigenvalue weighted by Gasteiger charge is -2.07. The molecule has 0 aliphatic heterocycles. The van der Waals surface area contributed by atoms with E-state index in [0.29, 0.717) is 6.61 Å².